The highest BCUT2D eigenvalue weighted by molar-refractivity contribution is 5.93. The lowest BCUT2D eigenvalue weighted by Crippen LogP contribution is -2.10. The number of nitrogens with zero attached hydrogens (tertiary/aromatic N) is 1. The van der Waals surface area contributed by atoms with E-state index in [-0.39, 0.29) is 12.4 Å². The SMILES string of the molecule is COCCNc1c2c(nc3ccccc13)CCC2.Cl. The molecule has 0 radical (unpaired) electrons. The van der Waals surface area contributed by atoms with Crippen LogP contribution in [-0.4, -0.2) is 25.2 Å². The summed E-state index contributed by atoms with van der Waals surface area (Å²) in [4.78, 5) is 4.77. The summed E-state index contributed by atoms with van der Waals surface area (Å²) in [5.41, 5.74) is 5.04. The number of hydrogen-bond donors (Lipinski definition) is 1. The van der Waals surface area contributed by atoms with Gasteiger partial charge in [-0.3, -0.25) is 4.98 Å². The lowest BCUT2D eigenvalue weighted by atomic mass is 10.1. The Labute approximate surface area is 119 Å². The van der Waals surface area contributed by atoms with Crippen molar-refractivity contribution < 1.29 is 4.74 Å². The number of ether oxygens (including phenoxy) is 1. The van der Waals surface area contributed by atoms with Crippen LogP contribution in [0.3, 0.4) is 0 Å². The van der Waals surface area contributed by atoms with Crippen molar-refractivity contribution in [2.24, 2.45) is 0 Å². The minimum Gasteiger partial charge on any atom is -0.383 e. The van der Waals surface area contributed by atoms with E-state index in [1.54, 1.807) is 7.11 Å². The summed E-state index contributed by atoms with van der Waals surface area (Å²) in [5.74, 6) is 0. The fourth-order valence-electron chi connectivity index (χ4n) is 2.69. The van der Waals surface area contributed by atoms with Crippen molar-refractivity contribution in [1.82, 2.24) is 4.98 Å². The Hall–Kier alpha value is -1.32. The number of benzene rings is 1. The Morgan fingerprint density at radius 3 is 2.95 bits per heavy atom. The van der Waals surface area contributed by atoms with Crippen LogP contribution in [0, 0.1) is 0 Å². The third kappa shape index (κ3) is 2.67. The molecular weight excluding hydrogens is 260 g/mol. The molecule has 1 aliphatic carbocycles. The Morgan fingerprint density at radius 2 is 2.11 bits per heavy atom. The molecule has 0 fully saturated rings. The normalized spacial score (nSPS) is 13.1. The number of aromatic nitrogens is 1. The number of rotatable bonds is 4. The van der Waals surface area contributed by atoms with Crippen LogP contribution in [0.5, 0.6) is 0 Å². The molecular formula is C15H19ClN2O. The molecule has 1 N–H and O–H groups in total. The van der Waals surface area contributed by atoms with Gasteiger partial charge in [-0.15, -0.1) is 12.4 Å². The highest BCUT2D eigenvalue weighted by atomic mass is 35.5. The van der Waals surface area contributed by atoms with Crippen LogP contribution in [0.25, 0.3) is 10.9 Å². The molecule has 1 heterocycles. The molecule has 4 heteroatoms. The van der Waals surface area contributed by atoms with Crippen molar-refractivity contribution in [3.63, 3.8) is 0 Å². The van der Waals surface area contributed by atoms with Gasteiger partial charge in [-0.25, -0.2) is 0 Å². The average molecular weight is 279 g/mol. The molecule has 0 saturated heterocycles. The zero-order chi connectivity index (χ0) is 12.4. The van der Waals surface area contributed by atoms with Crippen molar-refractivity contribution in [1.29, 1.82) is 0 Å². The van der Waals surface area contributed by atoms with E-state index in [1.807, 2.05) is 0 Å². The first kappa shape index (κ1) is 14.1. The van der Waals surface area contributed by atoms with Crippen LogP contribution in [0.4, 0.5) is 5.69 Å². The Balaban J connectivity index is 0.00000133. The third-order valence-corrected chi connectivity index (χ3v) is 3.53. The van der Waals surface area contributed by atoms with E-state index in [0.29, 0.717) is 0 Å². The Morgan fingerprint density at radius 1 is 1.26 bits per heavy atom. The third-order valence-electron chi connectivity index (χ3n) is 3.53. The summed E-state index contributed by atoms with van der Waals surface area (Å²) in [6.07, 6.45) is 3.47. The molecule has 1 aromatic heterocycles. The van der Waals surface area contributed by atoms with Gasteiger partial charge >= 0.3 is 0 Å². The largest absolute Gasteiger partial charge is 0.383 e. The summed E-state index contributed by atoms with van der Waals surface area (Å²) in [6.45, 7) is 1.57. The number of methoxy groups -OCH3 is 1. The average Bonchev–Trinajstić information content (AvgIpc) is 2.86. The summed E-state index contributed by atoms with van der Waals surface area (Å²) in [7, 11) is 1.73. The monoisotopic (exact) mass is 278 g/mol. The van der Waals surface area contributed by atoms with Gasteiger partial charge < -0.3 is 10.1 Å². The summed E-state index contributed by atoms with van der Waals surface area (Å²) in [5, 5.41) is 4.75. The standard InChI is InChI=1S/C15H18N2O.ClH/c1-18-10-9-16-15-11-5-2-3-7-13(11)17-14-8-4-6-12(14)15;/h2-3,5,7H,4,6,8-10H2,1H3,(H,16,17);1H. The molecule has 0 amide bonds. The van der Waals surface area contributed by atoms with E-state index in [9.17, 15) is 0 Å². The van der Waals surface area contributed by atoms with E-state index >= 15 is 0 Å². The van der Waals surface area contributed by atoms with Crippen molar-refractivity contribution in [2.45, 2.75) is 19.3 Å². The zero-order valence-corrected chi connectivity index (χ0v) is 11.9. The first-order valence-corrected chi connectivity index (χ1v) is 6.53. The van der Waals surface area contributed by atoms with Crippen molar-refractivity contribution in [3.8, 4) is 0 Å². The molecule has 102 valence electrons. The summed E-state index contributed by atoms with van der Waals surface area (Å²) >= 11 is 0. The van der Waals surface area contributed by atoms with Gasteiger partial charge in [0.15, 0.2) is 0 Å². The maximum absolute atomic E-state index is 5.12. The number of pyridine rings is 1. The van der Waals surface area contributed by atoms with Crippen LogP contribution in [-0.2, 0) is 17.6 Å². The molecule has 0 spiro atoms. The molecule has 1 aliphatic rings. The second-order valence-electron chi connectivity index (χ2n) is 4.70. The molecule has 3 nitrogen and oxygen atoms in total. The first-order chi connectivity index (χ1) is 8.90. The van der Waals surface area contributed by atoms with Gasteiger partial charge in [0, 0.05) is 30.4 Å². The van der Waals surface area contributed by atoms with E-state index in [0.717, 1.165) is 31.5 Å². The van der Waals surface area contributed by atoms with Crippen LogP contribution >= 0.6 is 12.4 Å². The van der Waals surface area contributed by atoms with Gasteiger partial charge in [0.1, 0.15) is 0 Å². The quantitative estimate of drug-likeness (QED) is 0.872. The number of nitrogens with one attached hydrogen (secondary N) is 1. The fourth-order valence-corrected chi connectivity index (χ4v) is 2.69. The van der Waals surface area contributed by atoms with Crippen molar-refractivity contribution in [2.75, 3.05) is 25.6 Å². The van der Waals surface area contributed by atoms with Crippen molar-refractivity contribution >= 4 is 29.0 Å². The van der Waals surface area contributed by atoms with Gasteiger partial charge in [0.2, 0.25) is 0 Å². The molecule has 0 unspecified atom stereocenters. The van der Waals surface area contributed by atoms with Gasteiger partial charge in [0.25, 0.3) is 0 Å². The summed E-state index contributed by atoms with van der Waals surface area (Å²) in [6, 6.07) is 8.37. The second kappa shape index (κ2) is 6.22. The molecule has 0 bridgehead atoms. The van der Waals surface area contributed by atoms with Crippen LogP contribution in [0.1, 0.15) is 17.7 Å². The molecule has 0 atom stereocenters. The van der Waals surface area contributed by atoms with E-state index in [4.69, 9.17) is 9.72 Å². The number of para-hydroxylation sites is 1. The lowest BCUT2D eigenvalue weighted by molar-refractivity contribution is 0.211. The lowest BCUT2D eigenvalue weighted by Gasteiger charge is -2.14. The molecule has 0 aliphatic heterocycles. The Kier molecular flexibility index (Phi) is 4.61. The van der Waals surface area contributed by atoms with Crippen LogP contribution in [0.2, 0.25) is 0 Å². The number of hydrogen-bond acceptors (Lipinski definition) is 3. The maximum atomic E-state index is 5.12. The van der Waals surface area contributed by atoms with Crippen molar-refractivity contribution in [3.05, 3.63) is 35.5 Å². The molecule has 2 aromatic rings. The first-order valence-electron chi connectivity index (χ1n) is 6.53. The minimum atomic E-state index is 0. The number of aryl methyl sites for hydroxylation is 1. The van der Waals surface area contributed by atoms with Gasteiger partial charge in [0.05, 0.1) is 12.1 Å². The molecule has 19 heavy (non-hydrogen) atoms. The maximum Gasteiger partial charge on any atom is 0.0726 e. The summed E-state index contributed by atoms with van der Waals surface area (Å²) < 4.78 is 5.12. The number of fused-ring (bicyclic) bond motifs is 2. The van der Waals surface area contributed by atoms with Gasteiger partial charge in [-0.2, -0.15) is 0 Å². The van der Waals surface area contributed by atoms with Gasteiger partial charge in [-0.1, -0.05) is 18.2 Å². The highest BCUT2D eigenvalue weighted by Crippen LogP contribution is 2.33. The Bertz CT molecular complexity index is 571. The van der Waals surface area contributed by atoms with E-state index in [2.05, 4.69) is 29.6 Å². The molecule has 1 aromatic carbocycles. The van der Waals surface area contributed by atoms with Crippen LogP contribution < -0.4 is 5.32 Å². The highest BCUT2D eigenvalue weighted by Gasteiger charge is 2.18. The predicted octanol–water partition coefficient (Wildman–Crippen LogP) is 3.20. The molecule has 3 rings (SSSR count). The molecule has 0 saturated carbocycles. The van der Waals surface area contributed by atoms with E-state index in [1.165, 1.54) is 28.8 Å². The second-order valence-corrected chi connectivity index (χ2v) is 4.70. The zero-order valence-electron chi connectivity index (χ0n) is 11.1. The minimum absolute atomic E-state index is 0. The predicted molar refractivity (Wildman–Crippen MR) is 81.4 cm³/mol. The number of halogens is 1. The van der Waals surface area contributed by atoms with Crippen LogP contribution in [0.15, 0.2) is 24.3 Å². The van der Waals surface area contributed by atoms with E-state index < -0.39 is 0 Å². The smallest absolute Gasteiger partial charge is 0.0726 e. The topological polar surface area (TPSA) is 34.1 Å². The number of anilines is 1. The van der Waals surface area contributed by atoms with Gasteiger partial charge in [-0.05, 0) is 30.9 Å². The fraction of sp³-hybridized carbons (Fsp3) is 0.400.